The van der Waals surface area contributed by atoms with Crippen LogP contribution in [0.25, 0.3) is 0 Å². The largest absolute Gasteiger partial charge is 0.480 e. The van der Waals surface area contributed by atoms with E-state index in [0.717, 1.165) is 26.1 Å². The SMILES string of the molecule is O=C(O)[C@@H]1CCCN1C(=O)CCN1CCCCCC1. The van der Waals surface area contributed by atoms with Crippen molar-refractivity contribution in [2.45, 2.75) is 51.0 Å². The van der Waals surface area contributed by atoms with Crippen molar-refractivity contribution < 1.29 is 14.7 Å². The van der Waals surface area contributed by atoms with Gasteiger partial charge in [-0.25, -0.2) is 4.79 Å². The van der Waals surface area contributed by atoms with Crippen LogP contribution in [0.1, 0.15) is 44.9 Å². The quantitative estimate of drug-likeness (QED) is 0.835. The van der Waals surface area contributed by atoms with Crippen molar-refractivity contribution in [2.75, 3.05) is 26.2 Å². The molecule has 2 aliphatic heterocycles. The third-order valence-corrected chi connectivity index (χ3v) is 4.20. The van der Waals surface area contributed by atoms with Gasteiger partial charge in [0.05, 0.1) is 0 Å². The van der Waals surface area contributed by atoms with Gasteiger partial charge >= 0.3 is 5.97 Å². The van der Waals surface area contributed by atoms with E-state index in [0.29, 0.717) is 19.4 Å². The molecule has 5 nitrogen and oxygen atoms in total. The van der Waals surface area contributed by atoms with Crippen molar-refractivity contribution in [1.82, 2.24) is 9.80 Å². The van der Waals surface area contributed by atoms with Gasteiger partial charge < -0.3 is 14.9 Å². The molecule has 1 N–H and O–H groups in total. The molecule has 1 amide bonds. The third-order valence-electron chi connectivity index (χ3n) is 4.20. The van der Waals surface area contributed by atoms with Crippen LogP contribution in [0.15, 0.2) is 0 Å². The van der Waals surface area contributed by atoms with Gasteiger partial charge in [-0.15, -0.1) is 0 Å². The highest BCUT2D eigenvalue weighted by Gasteiger charge is 2.33. The molecule has 2 fully saturated rings. The van der Waals surface area contributed by atoms with E-state index in [1.165, 1.54) is 25.7 Å². The van der Waals surface area contributed by atoms with Gasteiger partial charge in [0, 0.05) is 19.5 Å². The molecule has 2 saturated heterocycles. The van der Waals surface area contributed by atoms with Crippen molar-refractivity contribution in [3.8, 4) is 0 Å². The van der Waals surface area contributed by atoms with Gasteiger partial charge in [-0.1, -0.05) is 12.8 Å². The number of carbonyl (C=O) groups excluding carboxylic acids is 1. The second-order valence-electron chi connectivity index (χ2n) is 5.59. The fourth-order valence-corrected chi connectivity index (χ4v) is 3.08. The minimum atomic E-state index is -0.861. The number of amides is 1. The molecule has 0 spiro atoms. The molecule has 0 aliphatic carbocycles. The van der Waals surface area contributed by atoms with Crippen LogP contribution in [0.4, 0.5) is 0 Å². The van der Waals surface area contributed by atoms with Crippen molar-refractivity contribution in [2.24, 2.45) is 0 Å². The molecule has 2 rings (SSSR count). The number of nitrogens with zero attached hydrogens (tertiary/aromatic N) is 2. The molecule has 1 atom stereocenters. The number of carbonyl (C=O) groups is 2. The zero-order chi connectivity index (χ0) is 13.7. The number of hydrogen-bond acceptors (Lipinski definition) is 3. The molecule has 0 unspecified atom stereocenters. The van der Waals surface area contributed by atoms with E-state index in [2.05, 4.69) is 4.90 Å². The Bertz CT molecular complexity index is 325. The van der Waals surface area contributed by atoms with Gasteiger partial charge in [-0.2, -0.15) is 0 Å². The number of likely N-dealkylation sites (tertiary alicyclic amines) is 2. The summed E-state index contributed by atoms with van der Waals surface area (Å²) in [7, 11) is 0. The van der Waals surface area contributed by atoms with Crippen molar-refractivity contribution in [3.05, 3.63) is 0 Å². The topological polar surface area (TPSA) is 60.9 Å². The Morgan fingerprint density at radius 3 is 2.32 bits per heavy atom. The van der Waals surface area contributed by atoms with Gasteiger partial charge in [-0.05, 0) is 38.8 Å². The maximum atomic E-state index is 12.1. The minimum Gasteiger partial charge on any atom is -0.480 e. The first-order valence-electron chi connectivity index (χ1n) is 7.43. The number of rotatable bonds is 4. The van der Waals surface area contributed by atoms with Gasteiger partial charge in [0.25, 0.3) is 0 Å². The summed E-state index contributed by atoms with van der Waals surface area (Å²) < 4.78 is 0. The Balaban J connectivity index is 1.78. The summed E-state index contributed by atoms with van der Waals surface area (Å²) in [4.78, 5) is 27.1. The standard InChI is InChI=1S/C14H24N2O3/c17-13(16-10-5-6-12(16)14(18)19)7-11-15-8-3-1-2-4-9-15/h12H,1-11H2,(H,18,19)/t12-/m0/s1. The molecule has 2 heterocycles. The average Bonchev–Trinajstić information content (AvgIpc) is 2.74. The molecule has 108 valence electrons. The lowest BCUT2D eigenvalue weighted by atomic mass is 10.2. The zero-order valence-electron chi connectivity index (χ0n) is 11.5. The predicted molar refractivity (Wildman–Crippen MR) is 71.9 cm³/mol. The molecule has 0 aromatic rings. The molecule has 0 aromatic heterocycles. The van der Waals surface area contributed by atoms with E-state index in [1.54, 1.807) is 4.90 Å². The van der Waals surface area contributed by atoms with Crippen LogP contribution >= 0.6 is 0 Å². The lowest BCUT2D eigenvalue weighted by Crippen LogP contribution is -2.41. The van der Waals surface area contributed by atoms with Crippen LogP contribution < -0.4 is 0 Å². The molecule has 5 heteroatoms. The summed E-state index contributed by atoms with van der Waals surface area (Å²) >= 11 is 0. The fraction of sp³-hybridized carbons (Fsp3) is 0.857. The van der Waals surface area contributed by atoms with Crippen molar-refractivity contribution in [1.29, 1.82) is 0 Å². The molecular formula is C14H24N2O3. The molecule has 0 bridgehead atoms. The first kappa shape index (κ1) is 14.3. The lowest BCUT2D eigenvalue weighted by molar-refractivity contribution is -0.148. The summed E-state index contributed by atoms with van der Waals surface area (Å²) in [5.41, 5.74) is 0. The van der Waals surface area contributed by atoms with E-state index < -0.39 is 12.0 Å². The molecule has 0 aromatic carbocycles. The van der Waals surface area contributed by atoms with Crippen molar-refractivity contribution >= 4 is 11.9 Å². The van der Waals surface area contributed by atoms with E-state index in [-0.39, 0.29) is 5.91 Å². The summed E-state index contributed by atoms with van der Waals surface area (Å²) in [6.45, 7) is 3.54. The van der Waals surface area contributed by atoms with Crippen molar-refractivity contribution in [3.63, 3.8) is 0 Å². The average molecular weight is 268 g/mol. The zero-order valence-corrected chi connectivity index (χ0v) is 11.5. The summed E-state index contributed by atoms with van der Waals surface area (Å²) in [6.07, 6.45) is 6.89. The second kappa shape index (κ2) is 6.89. The Morgan fingerprint density at radius 2 is 1.68 bits per heavy atom. The van der Waals surface area contributed by atoms with Crippen LogP contribution in [-0.2, 0) is 9.59 Å². The Labute approximate surface area is 114 Å². The molecule has 0 saturated carbocycles. The summed E-state index contributed by atoms with van der Waals surface area (Å²) in [6, 6.07) is -0.586. The monoisotopic (exact) mass is 268 g/mol. The van der Waals surface area contributed by atoms with Gasteiger partial charge in [-0.3, -0.25) is 4.79 Å². The van der Waals surface area contributed by atoms with Crippen LogP contribution in [-0.4, -0.2) is 59.0 Å². The minimum absolute atomic E-state index is 0.00847. The highest BCUT2D eigenvalue weighted by molar-refractivity contribution is 5.84. The molecule has 19 heavy (non-hydrogen) atoms. The number of carboxylic acids is 1. The summed E-state index contributed by atoms with van der Waals surface area (Å²) in [5, 5.41) is 9.08. The Hall–Kier alpha value is -1.10. The predicted octanol–water partition coefficient (Wildman–Crippen LogP) is 1.33. The highest BCUT2D eigenvalue weighted by atomic mass is 16.4. The number of aliphatic carboxylic acids is 1. The van der Waals surface area contributed by atoms with Gasteiger partial charge in [0.15, 0.2) is 0 Å². The van der Waals surface area contributed by atoms with E-state index >= 15 is 0 Å². The molecule has 2 aliphatic rings. The van der Waals surface area contributed by atoms with E-state index in [4.69, 9.17) is 5.11 Å². The first-order valence-corrected chi connectivity index (χ1v) is 7.43. The maximum absolute atomic E-state index is 12.1. The molecule has 0 radical (unpaired) electrons. The number of carboxylic acid groups (broad SMARTS) is 1. The van der Waals surface area contributed by atoms with Crippen LogP contribution in [0.5, 0.6) is 0 Å². The lowest BCUT2D eigenvalue weighted by Gasteiger charge is -2.24. The van der Waals surface area contributed by atoms with Crippen LogP contribution in [0.3, 0.4) is 0 Å². The Kier molecular flexibility index (Phi) is 5.19. The van der Waals surface area contributed by atoms with E-state index in [9.17, 15) is 9.59 Å². The second-order valence-corrected chi connectivity index (χ2v) is 5.59. The number of hydrogen-bond donors (Lipinski definition) is 1. The summed E-state index contributed by atoms with van der Waals surface area (Å²) in [5.74, 6) is -0.852. The van der Waals surface area contributed by atoms with Gasteiger partial charge in [0.2, 0.25) is 5.91 Å². The highest BCUT2D eigenvalue weighted by Crippen LogP contribution is 2.19. The van der Waals surface area contributed by atoms with Gasteiger partial charge in [0.1, 0.15) is 6.04 Å². The normalized spacial score (nSPS) is 25.3. The smallest absolute Gasteiger partial charge is 0.326 e. The fourth-order valence-electron chi connectivity index (χ4n) is 3.08. The van der Waals surface area contributed by atoms with Crippen LogP contribution in [0.2, 0.25) is 0 Å². The maximum Gasteiger partial charge on any atom is 0.326 e. The third kappa shape index (κ3) is 3.93. The Morgan fingerprint density at radius 1 is 1.00 bits per heavy atom. The molecular weight excluding hydrogens is 244 g/mol. The van der Waals surface area contributed by atoms with Crippen LogP contribution in [0, 0.1) is 0 Å². The van der Waals surface area contributed by atoms with E-state index in [1.807, 2.05) is 0 Å². The first-order chi connectivity index (χ1) is 9.18.